The number of aromatic nitrogens is 6. The van der Waals surface area contributed by atoms with E-state index >= 15 is 8.78 Å². The van der Waals surface area contributed by atoms with Crippen molar-refractivity contribution in [2.45, 2.75) is 20.1 Å². The number of pyridine rings is 2. The number of benzene rings is 6. The molecule has 4 heterocycles. The molecular weight excluding hydrogens is 931 g/mol. The Kier molecular flexibility index (Phi) is 12.7. The number of imidazole rings is 2. The van der Waals surface area contributed by atoms with Crippen molar-refractivity contribution in [2.24, 2.45) is 0 Å². The SMILES string of the molecule is C=CC(=O)Nc1cccc(-n2c(=O)n(-c3ccc(OCc4c(F)cc(N(C(=O)C=C)c5cccc(-n6c(=O)n(-c7ccc(OCc8ccccc8C)cc7)c7cnccc76)c5)cc4F)cc3)c3cnccc32)c1. The lowest BCUT2D eigenvalue weighted by Crippen LogP contribution is -2.25. The van der Waals surface area contributed by atoms with E-state index in [9.17, 15) is 19.2 Å². The number of hydrogen-bond donors (Lipinski definition) is 1. The second-order valence-electron chi connectivity index (χ2n) is 16.7. The fourth-order valence-corrected chi connectivity index (χ4v) is 8.60. The summed E-state index contributed by atoms with van der Waals surface area (Å²) in [6.45, 7) is 9.00. The Morgan fingerprint density at radius 1 is 0.589 bits per heavy atom. The van der Waals surface area contributed by atoms with Crippen molar-refractivity contribution in [2.75, 3.05) is 10.2 Å². The highest BCUT2D eigenvalue weighted by molar-refractivity contribution is 6.07. The number of halogens is 2. The number of aryl methyl sites for hydroxylation is 1. The first kappa shape index (κ1) is 46.8. The van der Waals surface area contributed by atoms with Crippen molar-refractivity contribution in [1.29, 1.82) is 0 Å². The number of anilines is 3. The summed E-state index contributed by atoms with van der Waals surface area (Å²) in [6, 6.07) is 40.2. The average molecular weight is 973 g/mol. The maximum atomic E-state index is 16.1. The van der Waals surface area contributed by atoms with Crippen molar-refractivity contribution >= 4 is 50.9 Å². The van der Waals surface area contributed by atoms with Gasteiger partial charge in [-0.25, -0.2) is 18.4 Å². The maximum Gasteiger partial charge on any atom is 0.338 e. The molecule has 6 aromatic carbocycles. The topological polar surface area (TPSA) is 148 Å². The number of carbonyl (C=O) groups excluding carboxylic acids is 2. The Morgan fingerprint density at radius 3 is 1.68 bits per heavy atom. The van der Waals surface area contributed by atoms with E-state index in [1.165, 1.54) is 18.3 Å². The summed E-state index contributed by atoms with van der Waals surface area (Å²) in [5, 5.41) is 2.70. The third-order valence-corrected chi connectivity index (χ3v) is 12.2. The van der Waals surface area contributed by atoms with Crippen molar-refractivity contribution in [1.82, 2.24) is 28.2 Å². The third kappa shape index (κ3) is 9.07. The maximum absolute atomic E-state index is 16.1. The number of ether oxygens (including phenoxy) is 2. The molecule has 0 saturated heterocycles. The Morgan fingerprint density at radius 2 is 1.12 bits per heavy atom. The number of amides is 2. The molecule has 0 radical (unpaired) electrons. The smallest absolute Gasteiger partial charge is 0.338 e. The second kappa shape index (κ2) is 19.8. The van der Waals surface area contributed by atoms with Gasteiger partial charge < -0.3 is 14.8 Å². The first-order chi connectivity index (χ1) is 35.5. The van der Waals surface area contributed by atoms with Crippen molar-refractivity contribution in [3.63, 3.8) is 0 Å². The van der Waals surface area contributed by atoms with Crippen LogP contribution in [0.4, 0.5) is 25.8 Å². The summed E-state index contributed by atoms with van der Waals surface area (Å²) >= 11 is 0. The van der Waals surface area contributed by atoms with Gasteiger partial charge in [0.1, 0.15) is 36.3 Å². The molecule has 0 unspecified atom stereocenters. The van der Waals surface area contributed by atoms with E-state index in [0.29, 0.717) is 62.9 Å². The molecule has 10 rings (SSSR count). The minimum atomic E-state index is -0.983. The minimum Gasteiger partial charge on any atom is -0.489 e. The zero-order valence-corrected chi connectivity index (χ0v) is 39.0. The lowest BCUT2D eigenvalue weighted by molar-refractivity contribution is -0.113. The van der Waals surface area contributed by atoms with E-state index in [1.807, 2.05) is 31.2 Å². The van der Waals surface area contributed by atoms with Crippen LogP contribution in [0.15, 0.2) is 205 Å². The zero-order chi connectivity index (χ0) is 50.8. The molecule has 0 spiro atoms. The Bertz CT molecular complexity index is 3890. The van der Waals surface area contributed by atoms with Crippen LogP contribution in [0, 0.1) is 18.6 Å². The normalized spacial score (nSPS) is 11.1. The van der Waals surface area contributed by atoms with Gasteiger partial charge in [-0.05, 0) is 139 Å². The van der Waals surface area contributed by atoms with Crippen LogP contribution in [0.5, 0.6) is 11.5 Å². The molecule has 4 aromatic heterocycles. The first-order valence-corrected chi connectivity index (χ1v) is 22.8. The van der Waals surface area contributed by atoms with E-state index in [1.54, 1.807) is 134 Å². The van der Waals surface area contributed by atoms with Crippen molar-refractivity contribution in [3.8, 4) is 34.2 Å². The summed E-state index contributed by atoms with van der Waals surface area (Å²) in [4.78, 5) is 63.7. The highest BCUT2D eigenvalue weighted by Crippen LogP contribution is 2.33. The van der Waals surface area contributed by atoms with Gasteiger partial charge in [0.25, 0.3) is 5.91 Å². The molecule has 0 aliphatic heterocycles. The van der Waals surface area contributed by atoms with Crippen LogP contribution in [0.1, 0.15) is 16.7 Å². The van der Waals surface area contributed by atoms with E-state index in [4.69, 9.17) is 9.47 Å². The quantitative estimate of drug-likeness (QED) is 0.0999. The Labute approximate surface area is 415 Å². The molecule has 0 atom stereocenters. The van der Waals surface area contributed by atoms with Gasteiger partial charge in [-0.2, -0.15) is 0 Å². The molecule has 10 aromatic rings. The van der Waals surface area contributed by atoms with Gasteiger partial charge in [-0.15, -0.1) is 0 Å². The van der Waals surface area contributed by atoms with Gasteiger partial charge in [0.15, 0.2) is 0 Å². The van der Waals surface area contributed by atoms with Crippen LogP contribution < -0.4 is 31.1 Å². The number of nitrogens with zero attached hydrogens (tertiary/aromatic N) is 7. The number of carbonyl (C=O) groups is 2. The van der Waals surface area contributed by atoms with Crippen LogP contribution >= 0.6 is 0 Å². The van der Waals surface area contributed by atoms with Crippen molar-refractivity contribution < 1.29 is 27.8 Å². The molecule has 1 N–H and O–H groups in total. The average Bonchev–Trinajstić information content (AvgIpc) is 3.87. The highest BCUT2D eigenvalue weighted by atomic mass is 19.1. The summed E-state index contributed by atoms with van der Waals surface area (Å²) in [5.74, 6) is -2.19. The van der Waals surface area contributed by atoms with Crippen molar-refractivity contribution in [3.05, 3.63) is 245 Å². The lowest BCUT2D eigenvalue weighted by atomic mass is 10.1. The van der Waals surface area contributed by atoms with Gasteiger partial charge in [-0.3, -0.25) is 42.7 Å². The molecule has 2 amide bonds. The molecule has 16 heteroatoms. The molecule has 0 saturated carbocycles. The molecular formula is C57H42F2N8O6. The minimum absolute atomic E-state index is 0.138. The fourth-order valence-electron chi connectivity index (χ4n) is 8.60. The summed E-state index contributed by atoms with van der Waals surface area (Å²) < 4.78 is 50.0. The lowest BCUT2D eigenvalue weighted by Gasteiger charge is -2.23. The zero-order valence-electron chi connectivity index (χ0n) is 39.0. The van der Waals surface area contributed by atoms with E-state index < -0.39 is 47.0 Å². The Balaban J connectivity index is 0.893. The van der Waals surface area contributed by atoms with E-state index in [2.05, 4.69) is 28.4 Å². The molecule has 0 fully saturated rings. The first-order valence-electron chi connectivity index (χ1n) is 22.8. The van der Waals surface area contributed by atoms with Gasteiger partial charge in [0, 0.05) is 18.1 Å². The van der Waals surface area contributed by atoms with Gasteiger partial charge >= 0.3 is 11.4 Å². The number of nitrogens with one attached hydrogen (secondary N) is 1. The third-order valence-electron chi connectivity index (χ3n) is 12.2. The number of rotatable bonds is 15. The van der Waals surface area contributed by atoms with E-state index in [-0.39, 0.29) is 17.1 Å². The largest absolute Gasteiger partial charge is 0.489 e. The molecule has 0 aliphatic carbocycles. The number of fused-ring (bicyclic) bond motifs is 2. The molecule has 360 valence electrons. The van der Waals surface area contributed by atoms with Crippen LogP contribution in [0.25, 0.3) is 44.8 Å². The van der Waals surface area contributed by atoms with E-state index in [0.717, 1.165) is 40.3 Å². The van der Waals surface area contributed by atoms with Crippen LogP contribution in [0.2, 0.25) is 0 Å². The van der Waals surface area contributed by atoms with Gasteiger partial charge in [-0.1, -0.05) is 49.6 Å². The predicted octanol–water partition coefficient (Wildman–Crippen LogP) is 10.4. The van der Waals surface area contributed by atoms with Gasteiger partial charge in [0.05, 0.1) is 74.1 Å². The Hall–Kier alpha value is -9.96. The van der Waals surface area contributed by atoms with Crippen LogP contribution in [-0.2, 0) is 22.8 Å². The summed E-state index contributed by atoms with van der Waals surface area (Å²) in [6.07, 6.45) is 8.44. The second-order valence-corrected chi connectivity index (χ2v) is 16.7. The molecule has 14 nitrogen and oxygen atoms in total. The van der Waals surface area contributed by atoms with Crippen LogP contribution in [0.3, 0.4) is 0 Å². The fraction of sp³-hybridized carbons (Fsp3) is 0.0526. The summed E-state index contributed by atoms with van der Waals surface area (Å²) in [7, 11) is 0. The van der Waals surface area contributed by atoms with Gasteiger partial charge in [0.2, 0.25) is 5.91 Å². The number of hydrogen-bond acceptors (Lipinski definition) is 8. The molecule has 73 heavy (non-hydrogen) atoms. The monoisotopic (exact) mass is 972 g/mol. The summed E-state index contributed by atoms with van der Waals surface area (Å²) in [5.41, 5.74) is 5.42. The highest BCUT2D eigenvalue weighted by Gasteiger charge is 2.24. The molecule has 0 aliphatic rings. The predicted molar refractivity (Wildman–Crippen MR) is 276 cm³/mol. The standard InChI is InChI=1S/C57H42F2N8O6/c1-4-54(68)62-38-12-8-13-41(28-38)66-50-24-26-60-32-52(50)64(56(66)70)40-18-22-46(23-19-40)73-35-47-48(58)30-44(31-49(47)59)63(55(69)5-2)42-14-9-15-43(29-42)67-51-25-27-61-33-53(51)65(57(67)71)39-16-20-45(21-17-39)72-34-37-11-7-6-10-36(37)3/h4-33H,1-2,34-35H2,3H3,(H,62,68). The molecule has 0 bridgehead atoms. The van der Waals surface area contributed by atoms with Crippen LogP contribution in [-0.4, -0.2) is 40.1 Å².